The van der Waals surface area contributed by atoms with Gasteiger partial charge in [0.1, 0.15) is 11.5 Å². The zero-order valence-electron chi connectivity index (χ0n) is 15.6. The number of phenols is 2. The van der Waals surface area contributed by atoms with E-state index in [-0.39, 0.29) is 17.3 Å². The third-order valence-corrected chi connectivity index (χ3v) is 6.08. The van der Waals surface area contributed by atoms with E-state index in [1.165, 1.54) is 0 Å². The number of aromatic hydroxyl groups is 2. The summed E-state index contributed by atoms with van der Waals surface area (Å²) >= 11 is 6.99. The summed E-state index contributed by atoms with van der Waals surface area (Å²) in [6, 6.07) is 8.13. The second kappa shape index (κ2) is 7.32. The lowest BCUT2D eigenvalue weighted by atomic mass is 9.76. The molecule has 2 aromatic rings. The topological polar surface area (TPSA) is 40.5 Å². The fourth-order valence-electron chi connectivity index (χ4n) is 3.01. The first-order valence-electron chi connectivity index (χ1n) is 8.52. The van der Waals surface area contributed by atoms with Crippen molar-refractivity contribution in [2.45, 2.75) is 58.8 Å². The minimum Gasteiger partial charge on any atom is -0.506 e. The molecule has 0 aliphatic rings. The third kappa shape index (κ3) is 3.90. The third-order valence-electron chi connectivity index (χ3n) is 4.87. The highest BCUT2D eigenvalue weighted by Crippen LogP contribution is 2.43. The Bertz CT molecular complexity index is 727. The molecule has 0 aromatic heterocycles. The Morgan fingerprint density at radius 3 is 1.32 bits per heavy atom. The van der Waals surface area contributed by atoms with Crippen molar-refractivity contribution in [3.63, 3.8) is 0 Å². The van der Waals surface area contributed by atoms with Crippen molar-refractivity contribution in [2.24, 2.45) is 0 Å². The molecular weight excluding hydrogens is 444 g/mol. The highest BCUT2D eigenvalue weighted by molar-refractivity contribution is 9.10. The van der Waals surface area contributed by atoms with Crippen LogP contribution in [-0.2, 0) is 5.41 Å². The molecule has 0 heterocycles. The molecule has 0 amide bonds. The van der Waals surface area contributed by atoms with Crippen LogP contribution in [0.15, 0.2) is 33.2 Å². The predicted molar refractivity (Wildman–Crippen MR) is 112 cm³/mol. The molecule has 0 fully saturated rings. The minimum atomic E-state index is -0.278. The van der Waals surface area contributed by atoms with Crippen LogP contribution in [0.4, 0.5) is 0 Å². The summed E-state index contributed by atoms with van der Waals surface area (Å²) in [6.45, 7) is 12.6. The molecule has 0 radical (unpaired) electrons. The molecule has 4 heteroatoms. The molecule has 136 valence electrons. The average Bonchev–Trinajstić information content (AvgIpc) is 2.51. The quantitative estimate of drug-likeness (QED) is 0.497. The first-order chi connectivity index (χ1) is 11.5. The summed E-state index contributed by atoms with van der Waals surface area (Å²) < 4.78 is 1.42. The van der Waals surface area contributed by atoms with E-state index < -0.39 is 0 Å². The Kier molecular flexibility index (Phi) is 5.95. The van der Waals surface area contributed by atoms with E-state index in [9.17, 15) is 10.2 Å². The SMILES string of the molecule is CC(C)c1cc(C(C)(C)c2cc(Br)c(O)c(C(C)C)c2)cc(Br)c1O. The molecule has 2 N–H and O–H groups in total. The van der Waals surface area contributed by atoms with E-state index in [1.807, 2.05) is 12.1 Å². The average molecular weight is 470 g/mol. The Morgan fingerprint density at radius 2 is 1.04 bits per heavy atom. The summed E-state index contributed by atoms with van der Waals surface area (Å²) in [7, 11) is 0. The van der Waals surface area contributed by atoms with Gasteiger partial charge < -0.3 is 10.2 Å². The van der Waals surface area contributed by atoms with Crippen LogP contribution in [0, 0.1) is 0 Å². The van der Waals surface area contributed by atoms with Crippen molar-refractivity contribution in [3.05, 3.63) is 55.5 Å². The molecule has 2 rings (SSSR count). The van der Waals surface area contributed by atoms with Crippen molar-refractivity contribution >= 4 is 31.9 Å². The van der Waals surface area contributed by atoms with Gasteiger partial charge in [0.25, 0.3) is 0 Å². The van der Waals surface area contributed by atoms with Gasteiger partial charge in [0.05, 0.1) is 8.95 Å². The highest BCUT2D eigenvalue weighted by atomic mass is 79.9. The number of halogens is 2. The number of hydrogen-bond donors (Lipinski definition) is 2. The Balaban J connectivity index is 2.67. The number of rotatable bonds is 4. The van der Waals surface area contributed by atoms with Crippen LogP contribution in [0.5, 0.6) is 11.5 Å². The smallest absolute Gasteiger partial charge is 0.133 e. The van der Waals surface area contributed by atoms with Gasteiger partial charge in [0.2, 0.25) is 0 Å². The summed E-state index contributed by atoms with van der Waals surface area (Å²) in [4.78, 5) is 0. The Morgan fingerprint density at radius 1 is 0.720 bits per heavy atom. The van der Waals surface area contributed by atoms with Crippen LogP contribution in [0.1, 0.15) is 75.6 Å². The first kappa shape index (κ1) is 20.3. The lowest BCUT2D eigenvalue weighted by molar-refractivity contribution is 0.459. The van der Waals surface area contributed by atoms with Crippen molar-refractivity contribution in [1.82, 2.24) is 0 Å². The zero-order valence-corrected chi connectivity index (χ0v) is 18.8. The molecule has 0 saturated carbocycles. The molecule has 2 nitrogen and oxygen atoms in total. The van der Waals surface area contributed by atoms with Gasteiger partial charge in [-0.2, -0.15) is 0 Å². The Labute approximate surface area is 167 Å². The van der Waals surface area contributed by atoms with E-state index >= 15 is 0 Å². The normalized spacial score (nSPS) is 12.2. The van der Waals surface area contributed by atoms with Crippen LogP contribution in [0.2, 0.25) is 0 Å². The first-order valence-corrected chi connectivity index (χ1v) is 10.1. The van der Waals surface area contributed by atoms with E-state index in [0.29, 0.717) is 20.4 Å². The second-order valence-electron chi connectivity index (χ2n) is 7.73. The molecular formula is C21H26Br2O2. The molecule has 25 heavy (non-hydrogen) atoms. The van der Waals surface area contributed by atoms with E-state index in [4.69, 9.17) is 0 Å². The number of phenolic OH excluding ortho intramolecular Hbond substituents is 2. The van der Waals surface area contributed by atoms with Gasteiger partial charge >= 0.3 is 0 Å². The largest absolute Gasteiger partial charge is 0.506 e. The van der Waals surface area contributed by atoms with Gasteiger partial charge in [-0.1, -0.05) is 53.7 Å². The van der Waals surface area contributed by atoms with Crippen molar-refractivity contribution in [2.75, 3.05) is 0 Å². The fraction of sp³-hybridized carbons (Fsp3) is 0.429. The van der Waals surface area contributed by atoms with Gasteiger partial charge in [0, 0.05) is 5.41 Å². The molecule has 0 unspecified atom stereocenters. The molecule has 0 bridgehead atoms. The molecule has 0 spiro atoms. The number of benzene rings is 2. The van der Waals surface area contributed by atoms with Gasteiger partial charge in [0.15, 0.2) is 0 Å². The van der Waals surface area contributed by atoms with Crippen LogP contribution in [-0.4, -0.2) is 10.2 Å². The van der Waals surface area contributed by atoms with Gasteiger partial charge in [-0.3, -0.25) is 0 Å². The van der Waals surface area contributed by atoms with Crippen LogP contribution in [0.25, 0.3) is 0 Å². The lowest BCUT2D eigenvalue weighted by Crippen LogP contribution is -2.20. The maximum Gasteiger partial charge on any atom is 0.133 e. The lowest BCUT2D eigenvalue weighted by Gasteiger charge is -2.29. The number of hydrogen-bond acceptors (Lipinski definition) is 2. The van der Waals surface area contributed by atoms with Crippen molar-refractivity contribution in [3.8, 4) is 11.5 Å². The van der Waals surface area contributed by atoms with Crippen LogP contribution in [0.3, 0.4) is 0 Å². The maximum absolute atomic E-state index is 10.3. The van der Waals surface area contributed by atoms with E-state index in [0.717, 1.165) is 22.3 Å². The van der Waals surface area contributed by atoms with Crippen LogP contribution >= 0.6 is 31.9 Å². The summed E-state index contributed by atoms with van der Waals surface area (Å²) in [5, 5.41) is 20.7. The standard InChI is InChI=1S/C21H26Br2O2/c1-11(2)15-7-13(9-17(22)19(15)24)21(5,6)14-8-16(12(3)4)20(25)18(23)10-14/h7-12,24-25H,1-6H3. The highest BCUT2D eigenvalue weighted by Gasteiger charge is 2.28. The summed E-state index contributed by atoms with van der Waals surface area (Å²) in [5.74, 6) is 1.07. The van der Waals surface area contributed by atoms with Gasteiger partial charge in [-0.25, -0.2) is 0 Å². The van der Waals surface area contributed by atoms with Crippen LogP contribution < -0.4 is 0 Å². The monoisotopic (exact) mass is 468 g/mol. The van der Waals surface area contributed by atoms with Crippen molar-refractivity contribution < 1.29 is 10.2 Å². The predicted octanol–water partition coefficient (Wildman–Crippen LogP) is 7.20. The van der Waals surface area contributed by atoms with Gasteiger partial charge in [-0.05, 0) is 78.1 Å². The summed E-state index contributed by atoms with van der Waals surface area (Å²) in [5.41, 5.74) is 3.82. The fourth-order valence-corrected chi connectivity index (χ4v) is 3.96. The van der Waals surface area contributed by atoms with E-state index in [1.54, 1.807) is 0 Å². The zero-order chi connectivity index (χ0) is 19.1. The van der Waals surface area contributed by atoms with E-state index in [2.05, 4.69) is 85.5 Å². The van der Waals surface area contributed by atoms with Gasteiger partial charge in [-0.15, -0.1) is 0 Å². The molecule has 0 saturated heterocycles. The maximum atomic E-state index is 10.3. The molecule has 0 aliphatic carbocycles. The molecule has 2 aromatic carbocycles. The molecule has 0 aliphatic heterocycles. The molecule has 0 atom stereocenters. The van der Waals surface area contributed by atoms with Crippen molar-refractivity contribution in [1.29, 1.82) is 0 Å². The minimum absolute atomic E-state index is 0.227. The summed E-state index contributed by atoms with van der Waals surface area (Å²) in [6.07, 6.45) is 0. The Hall–Kier alpha value is -1.00. The second-order valence-corrected chi connectivity index (χ2v) is 9.43.